The van der Waals surface area contributed by atoms with Crippen LogP contribution in [-0.4, -0.2) is 23.5 Å². The molecule has 2 heterocycles. The van der Waals surface area contributed by atoms with E-state index in [1.165, 1.54) is 4.88 Å². The Bertz CT molecular complexity index is 666. The highest BCUT2D eigenvalue weighted by atomic mass is 32.1. The molecule has 108 valence electrons. The Kier molecular flexibility index (Phi) is 3.75. The van der Waals surface area contributed by atoms with Gasteiger partial charge >= 0.3 is 5.97 Å². The molecule has 3 rings (SSSR count). The first-order valence-electron chi connectivity index (χ1n) is 6.81. The van der Waals surface area contributed by atoms with Crippen LogP contribution < -0.4 is 4.90 Å². The zero-order valence-corrected chi connectivity index (χ0v) is 12.2. The van der Waals surface area contributed by atoms with Crippen LogP contribution in [0.25, 0.3) is 0 Å². The van der Waals surface area contributed by atoms with Crippen molar-refractivity contribution in [3.8, 4) is 0 Å². The number of fused-ring (bicyclic) bond motifs is 1. The van der Waals surface area contributed by atoms with Gasteiger partial charge in [-0.1, -0.05) is 24.3 Å². The Balaban J connectivity index is 1.76. The van der Waals surface area contributed by atoms with Gasteiger partial charge in [-0.25, -0.2) is 0 Å². The topological polar surface area (TPSA) is 57.6 Å². The lowest BCUT2D eigenvalue weighted by molar-refractivity contribution is -0.138. The van der Waals surface area contributed by atoms with Gasteiger partial charge in [0.05, 0.1) is 0 Å². The van der Waals surface area contributed by atoms with Crippen LogP contribution in [0.2, 0.25) is 0 Å². The number of para-hydroxylation sites is 1. The zero-order chi connectivity index (χ0) is 14.8. The summed E-state index contributed by atoms with van der Waals surface area (Å²) in [6.07, 6.45) is 1.11. The molecule has 0 aliphatic carbocycles. The molecule has 0 bridgehead atoms. The smallest absolute Gasteiger partial charge is 0.312 e. The first-order valence-corrected chi connectivity index (χ1v) is 7.69. The normalized spacial score (nSPS) is 16.8. The van der Waals surface area contributed by atoms with Crippen LogP contribution in [0.15, 0.2) is 41.8 Å². The summed E-state index contributed by atoms with van der Waals surface area (Å²) >= 11 is 1.63. The molecule has 5 heteroatoms. The minimum Gasteiger partial charge on any atom is -0.481 e. The first-order chi connectivity index (χ1) is 10.2. The molecule has 1 N–H and O–H groups in total. The fourth-order valence-corrected chi connectivity index (χ4v) is 3.38. The molecule has 0 saturated carbocycles. The Morgan fingerprint density at radius 1 is 1.24 bits per heavy atom. The lowest BCUT2D eigenvalue weighted by Crippen LogP contribution is -2.31. The predicted octanol–water partition coefficient (Wildman–Crippen LogP) is 2.90. The van der Waals surface area contributed by atoms with Crippen molar-refractivity contribution in [3.63, 3.8) is 0 Å². The number of rotatable bonds is 4. The van der Waals surface area contributed by atoms with Crippen molar-refractivity contribution in [2.24, 2.45) is 0 Å². The lowest BCUT2D eigenvalue weighted by Gasteiger charge is -2.17. The maximum atomic E-state index is 12.4. The molecule has 2 aromatic rings. The molecule has 1 aliphatic heterocycles. The molecule has 1 aromatic heterocycles. The van der Waals surface area contributed by atoms with E-state index in [0.717, 1.165) is 11.3 Å². The average Bonchev–Trinajstić information content (AvgIpc) is 3.12. The van der Waals surface area contributed by atoms with Gasteiger partial charge in [0.1, 0.15) is 5.92 Å². The maximum Gasteiger partial charge on any atom is 0.312 e. The number of anilines is 1. The molecular weight excluding hydrogens is 286 g/mol. The maximum absolute atomic E-state index is 12.4. The number of thiophene rings is 1. The third kappa shape index (κ3) is 2.69. The molecule has 0 saturated heterocycles. The monoisotopic (exact) mass is 301 g/mol. The van der Waals surface area contributed by atoms with E-state index in [1.54, 1.807) is 22.3 Å². The summed E-state index contributed by atoms with van der Waals surface area (Å²) in [6.45, 7) is 0.234. The van der Waals surface area contributed by atoms with E-state index in [1.807, 2.05) is 35.7 Å². The number of benzene rings is 1. The number of carbonyl (C=O) groups excluding carboxylic acids is 1. The van der Waals surface area contributed by atoms with Crippen molar-refractivity contribution in [2.45, 2.75) is 18.8 Å². The highest BCUT2D eigenvalue weighted by molar-refractivity contribution is 7.09. The molecular formula is C16H15NO3S. The fraction of sp³-hybridized carbons (Fsp3) is 0.250. The number of aliphatic carboxylic acids is 1. The number of amides is 1. The van der Waals surface area contributed by atoms with Gasteiger partial charge in [-0.3, -0.25) is 9.59 Å². The molecule has 1 atom stereocenters. The van der Waals surface area contributed by atoms with E-state index in [-0.39, 0.29) is 12.5 Å². The number of aryl methyl sites for hydroxylation is 1. The Hall–Kier alpha value is -2.14. The zero-order valence-electron chi connectivity index (χ0n) is 11.4. The molecule has 4 nitrogen and oxygen atoms in total. The van der Waals surface area contributed by atoms with Gasteiger partial charge in [-0.05, 0) is 29.5 Å². The number of carboxylic acid groups (broad SMARTS) is 1. The summed E-state index contributed by atoms with van der Waals surface area (Å²) < 4.78 is 0. The van der Waals surface area contributed by atoms with Crippen molar-refractivity contribution in [2.75, 3.05) is 11.4 Å². The molecule has 0 fully saturated rings. The quantitative estimate of drug-likeness (QED) is 0.944. The van der Waals surface area contributed by atoms with Crippen LogP contribution in [0.5, 0.6) is 0 Å². The van der Waals surface area contributed by atoms with Gasteiger partial charge in [-0.15, -0.1) is 11.3 Å². The van der Waals surface area contributed by atoms with Crippen LogP contribution >= 0.6 is 11.3 Å². The van der Waals surface area contributed by atoms with Crippen molar-refractivity contribution < 1.29 is 14.7 Å². The summed E-state index contributed by atoms with van der Waals surface area (Å²) in [6, 6.07) is 11.2. The van der Waals surface area contributed by atoms with E-state index in [9.17, 15) is 14.7 Å². The SMILES string of the molecule is O=C(O)[C@@H]1CN(C(=O)CCc2cccs2)c2ccccc21. The van der Waals surface area contributed by atoms with E-state index >= 15 is 0 Å². The van der Waals surface area contributed by atoms with Crippen LogP contribution in [0.1, 0.15) is 22.8 Å². The summed E-state index contributed by atoms with van der Waals surface area (Å²) in [5.41, 5.74) is 1.47. The minimum atomic E-state index is -0.879. The lowest BCUT2D eigenvalue weighted by atomic mass is 10.0. The highest BCUT2D eigenvalue weighted by Crippen LogP contribution is 2.36. The molecule has 1 aliphatic rings. The van der Waals surface area contributed by atoms with Crippen molar-refractivity contribution in [1.29, 1.82) is 0 Å². The second-order valence-electron chi connectivity index (χ2n) is 5.03. The Morgan fingerprint density at radius 3 is 2.76 bits per heavy atom. The summed E-state index contributed by atoms with van der Waals surface area (Å²) in [5, 5.41) is 11.3. The summed E-state index contributed by atoms with van der Waals surface area (Å²) in [7, 11) is 0. The summed E-state index contributed by atoms with van der Waals surface area (Å²) in [4.78, 5) is 26.5. The van der Waals surface area contributed by atoms with Crippen molar-refractivity contribution in [3.05, 3.63) is 52.2 Å². The van der Waals surface area contributed by atoms with Crippen molar-refractivity contribution in [1.82, 2.24) is 0 Å². The van der Waals surface area contributed by atoms with Gasteiger partial charge in [0.2, 0.25) is 5.91 Å². The molecule has 21 heavy (non-hydrogen) atoms. The molecule has 0 spiro atoms. The first kappa shape index (κ1) is 13.8. The van der Waals surface area contributed by atoms with E-state index in [4.69, 9.17) is 0 Å². The number of carboxylic acids is 1. The van der Waals surface area contributed by atoms with Gasteiger partial charge < -0.3 is 10.0 Å². The largest absolute Gasteiger partial charge is 0.481 e. The van der Waals surface area contributed by atoms with Crippen LogP contribution in [0, 0.1) is 0 Å². The van der Waals surface area contributed by atoms with Gasteiger partial charge in [-0.2, -0.15) is 0 Å². The van der Waals surface area contributed by atoms with Crippen LogP contribution in [-0.2, 0) is 16.0 Å². The third-order valence-corrected chi connectivity index (χ3v) is 4.67. The standard InChI is InChI=1S/C16H15NO3S/c18-15(8-7-11-4-3-9-21-11)17-10-13(16(19)20)12-5-1-2-6-14(12)17/h1-6,9,13H,7-8,10H2,(H,19,20)/t13-/m1/s1. The van der Waals surface area contributed by atoms with Gasteiger partial charge in [0.15, 0.2) is 0 Å². The second-order valence-corrected chi connectivity index (χ2v) is 6.07. The Morgan fingerprint density at radius 2 is 2.05 bits per heavy atom. The van der Waals surface area contributed by atoms with Gasteiger partial charge in [0, 0.05) is 23.5 Å². The predicted molar refractivity (Wildman–Crippen MR) is 81.8 cm³/mol. The highest BCUT2D eigenvalue weighted by Gasteiger charge is 2.35. The van der Waals surface area contributed by atoms with Crippen molar-refractivity contribution >= 4 is 28.9 Å². The number of carbonyl (C=O) groups is 2. The average molecular weight is 301 g/mol. The van der Waals surface area contributed by atoms with E-state index < -0.39 is 11.9 Å². The third-order valence-electron chi connectivity index (χ3n) is 3.73. The fourth-order valence-electron chi connectivity index (χ4n) is 2.67. The van der Waals surface area contributed by atoms with Crippen LogP contribution in [0.4, 0.5) is 5.69 Å². The van der Waals surface area contributed by atoms with E-state index in [0.29, 0.717) is 12.8 Å². The number of hydrogen-bond donors (Lipinski definition) is 1. The number of nitrogens with zero attached hydrogens (tertiary/aromatic N) is 1. The minimum absolute atomic E-state index is 0.0143. The molecule has 1 aromatic carbocycles. The van der Waals surface area contributed by atoms with Gasteiger partial charge in [0.25, 0.3) is 0 Å². The molecule has 1 amide bonds. The Labute approximate surface area is 126 Å². The summed E-state index contributed by atoms with van der Waals surface area (Å²) in [5.74, 6) is -1.51. The number of hydrogen-bond acceptors (Lipinski definition) is 3. The second kappa shape index (κ2) is 5.69. The van der Waals surface area contributed by atoms with Crippen LogP contribution in [0.3, 0.4) is 0 Å². The molecule has 0 unspecified atom stereocenters. The molecule has 0 radical (unpaired) electrons. The van der Waals surface area contributed by atoms with E-state index in [2.05, 4.69) is 0 Å².